The molecule has 0 aliphatic rings. The predicted octanol–water partition coefficient (Wildman–Crippen LogP) is -1.13. The second-order valence-corrected chi connectivity index (χ2v) is 2.73. The van der Waals surface area contributed by atoms with Gasteiger partial charge in [0.2, 0.25) is 0 Å². The van der Waals surface area contributed by atoms with Crippen LogP contribution in [-0.4, -0.2) is 21.8 Å². The van der Waals surface area contributed by atoms with Gasteiger partial charge < -0.3 is 15.1 Å². The van der Waals surface area contributed by atoms with E-state index in [9.17, 15) is 0 Å². The molecule has 0 saturated heterocycles. The molecule has 1 aromatic heterocycles. The van der Waals surface area contributed by atoms with Crippen molar-refractivity contribution in [1.82, 2.24) is 0 Å². The molecule has 0 spiro atoms. The zero-order chi connectivity index (χ0) is 6.91. The average Bonchev–Trinajstić information content (AvgIpc) is 2.08. The maximum atomic E-state index is 8.56. The molecule has 5 heteroatoms. The summed E-state index contributed by atoms with van der Waals surface area (Å²) in [6.45, 7) is -3.25. The lowest BCUT2D eigenvalue weighted by atomic mass is 9.79. The van der Waals surface area contributed by atoms with E-state index in [-0.39, 0.29) is 4.78 Å². The molecule has 0 radical (unpaired) electrons. The maximum Gasteiger partial charge on any atom is 0.412 e. The minimum Gasteiger partial charge on any atom is -0.555 e. The van der Waals surface area contributed by atoms with Crippen molar-refractivity contribution in [2.24, 2.45) is 0 Å². The van der Waals surface area contributed by atoms with Gasteiger partial charge >= 0.3 is 6.75 Å². The third kappa shape index (κ3) is 1.52. The molecule has 1 heterocycles. The number of hydrogen-bond donors (Lipinski definition) is 3. The van der Waals surface area contributed by atoms with Gasteiger partial charge in [0.15, 0.2) is 0 Å². The Hall–Kier alpha value is -0.355. The molecule has 0 atom stereocenters. The third-order valence-corrected chi connectivity index (χ3v) is 1.94. The standard InChI is InChI=1S/C4H6BO3S/c6-5(7,8)4-2-1-3-9-4/h1-3,6-8H/q-1. The molecule has 0 aromatic carbocycles. The van der Waals surface area contributed by atoms with Crippen molar-refractivity contribution in [1.29, 1.82) is 0 Å². The fraction of sp³-hybridized carbons (Fsp3) is 0. The molecule has 0 bridgehead atoms. The zero-order valence-corrected chi connectivity index (χ0v) is 5.38. The van der Waals surface area contributed by atoms with Crippen LogP contribution in [0.3, 0.4) is 0 Å². The summed E-state index contributed by atoms with van der Waals surface area (Å²) in [4.78, 5) is 0. The summed E-state index contributed by atoms with van der Waals surface area (Å²) in [6, 6.07) is 3.10. The maximum absolute atomic E-state index is 8.56. The van der Waals surface area contributed by atoms with Gasteiger partial charge in [-0.2, -0.15) is 11.3 Å². The van der Waals surface area contributed by atoms with Crippen molar-refractivity contribution >= 4 is 22.9 Å². The molecule has 3 N–H and O–H groups in total. The molecule has 0 unspecified atom stereocenters. The molecule has 9 heavy (non-hydrogen) atoms. The van der Waals surface area contributed by atoms with Gasteiger partial charge in [-0.1, -0.05) is 16.9 Å². The minimum absolute atomic E-state index is 0.190. The largest absolute Gasteiger partial charge is 0.555 e. The van der Waals surface area contributed by atoms with Crippen LogP contribution in [0.2, 0.25) is 0 Å². The quantitative estimate of drug-likeness (QED) is 0.438. The smallest absolute Gasteiger partial charge is 0.412 e. The summed E-state index contributed by atoms with van der Waals surface area (Å²) in [7, 11) is 0. The summed E-state index contributed by atoms with van der Waals surface area (Å²) in [5, 5.41) is 27.3. The molecule has 50 valence electrons. The highest BCUT2D eigenvalue weighted by Crippen LogP contribution is 1.97. The number of hydrogen-bond acceptors (Lipinski definition) is 4. The van der Waals surface area contributed by atoms with E-state index in [4.69, 9.17) is 15.1 Å². The Labute approximate surface area is 56.2 Å². The second-order valence-electron chi connectivity index (χ2n) is 1.75. The first-order chi connectivity index (χ1) is 4.11. The van der Waals surface area contributed by atoms with Crippen molar-refractivity contribution < 1.29 is 15.1 Å². The fourth-order valence-electron chi connectivity index (χ4n) is 0.512. The predicted molar refractivity (Wildman–Crippen MR) is 36.4 cm³/mol. The molecular weight excluding hydrogens is 139 g/mol. The van der Waals surface area contributed by atoms with Crippen LogP contribution in [0, 0.1) is 0 Å². The molecule has 1 rings (SSSR count). The summed E-state index contributed by atoms with van der Waals surface area (Å²) in [6.07, 6.45) is 0. The average molecular weight is 145 g/mol. The van der Waals surface area contributed by atoms with E-state index >= 15 is 0 Å². The first-order valence-corrected chi connectivity index (χ1v) is 3.34. The van der Waals surface area contributed by atoms with Gasteiger partial charge in [-0.25, -0.2) is 0 Å². The van der Waals surface area contributed by atoms with Crippen LogP contribution in [0.5, 0.6) is 0 Å². The Bertz CT molecular complexity index is 178. The van der Waals surface area contributed by atoms with Crippen LogP contribution >= 0.6 is 11.3 Å². The van der Waals surface area contributed by atoms with E-state index in [2.05, 4.69) is 0 Å². The fourth-order valence-corrected chi connectivity index (χ4v) is 1.17. The van der Waals surface area contributed by atoms with Crippen LogP contribution in [0.4, 0.5) is 0 Å². The van der Waals surface area contributed by atoms with E-state index in [0.29, 0.717) is 0 Å². The Morgan fingerprint density at radius 1 is 1.33 bits per heavy atom. The summed E-state index contributed by atoms with van der Waals surface area (Å²) < 4.78 is 0.190. The number of rotatable bonds is 1. The minimum atomic E-state index is -3.25. The van der Waals surface area contributed by atoms with Crippen molar-refractivity contribution in [3.8, 4) is 0 Å². The summed E-state index contributed by atoms with van der Waals surface area (Å²) in [5.41, 5.74) is 0. The zero-order valence-electron chi connectivity index (χ0n) is 4.56. The molecule has 0 aliphatic carbocycles. The molecular formula is C4H6BO3S-. The highest BCUT2D eigenvalue weighted by Gasteiger charge is 2.18. The van der Waals surface area contributed by atoms with Gasteiger partial charge in [0, 0.05) is 0 Å². The van der Waals surface area contributed by atoms with Gasteiger partial charge in [-0.3, -0.25) is 0 Å². The molecule has 0 aliphatic heterocycles. The topological polar surface area (TPSA) is 60.7 Å². The van der Waals surface area contributed by atoms with Crippen molar-refractivity contribution in [3.63, 3.8) is 0 Å². The Kier molecular flexibility index (Phi) is 1.59. The second kappa shape index (κ2) is 2.11. The van der Waals surface area contributed by atoms with Crippen LogP contribution in [0.15, 0.2) is 17.5 Å². The lowest BCUT2D eigenvalue weighted by Crippen LogP contribution is -2.46. The lowest BCUT2D eigenvalue weighted by Gasteiger charge is -2.17. The van der Waals surface area contributed by atoms with E-state index < -0.39 is 6.75 Å². The SMILES string of the molecule is O[B-](O)(O)c1cccs1. The van der Waals surface area contributed by atoms with Gasteiger partial charge in [0.05, 0.1) is 0 Å². The van der Waals surface area contributed by atoms with E-state index in [0.717, 1.165) is 11.3 Å². The molecule has 0 saturated carbocycles. The van der Waals surface area contributed by atoms with Gasteiger partial charge in [0.25, 0.3) is 0 Å². The summed E-state index contributed by atoms with van der Waals surface area (Å²) >= 11 is 1.11. The van der Waals surface area contributed by atoms with Gasteiger partial charge in [0.1, 0.15) is 0 Å². The van der Waals surface area contributed by atoms with Crippen LogP contribution in [0.25, 0.3) is 0 Å². The van der Waals surface area contributed by atoms with Gasteiger partial charge in [-0.05, 0) is 5.38 Å². The molecule has 1 aromatic rings. The first-order valence-electron chi connectivity index (χ1n) is 2.46. The first kappa shape index (κ1) is 6.76. The molecule has 0 amide bonds. The van der Waals surface area contributed by atoms with Crippen LogP contribution in [0.1, 0.15) is 0 Å². The van der Waals surface area contributed by atoms with Crippen LogP contribution in [-0.2, 0) is 0 Å². The molecule has 3 nitrogen and oxygen atoms in total. The highest BCUT2D eigenvalue weighted by molar-refractivity contribution is 7.22. The Morgan fingerprint density at radius 3 is 2.22 bits per heavy atom. The highest BCUT2D eigenvalue weighted by atomic mass is 32.1. The van der Waals surface area contributed by atoms with E-state index in [1.807, 2.05) is 0 Å². The van der Waals surface area contributed by atoms with Crippen molar-refractivity contribution in [2.75, 3.05) is 0 Å². The monoisotopic (exact) mass is 145 g/mol. The van der Waals surface area contributed by atoms with E-state index in [1.165, 1.54) is 6.07 Å². The third-order valence-electron chi connectivity index (χ3n) is 0.925. The molecule has 0 fully saturated rings. The van der Waals surface area contributed by atoms with Crippen molar-refractivity contribution in [2.45, 2.75) is 0 Å². The Balaban J connectivity index is 2.90. The number of thiophene rings is 1. The summed E-state index contributed by atoms with van der Waals surface area (Å²) in [5.74, 6) is 0. The lowest BCUT2D eigenvalue weighted by molar-refractivity contribution is 0.251. The normalized spacial score (nSPS) is 11.9. The van der Waals surface area contributed by atoms with Crippen molar-refractivity contribution in [3.05, 3.63) is 17.5 Å². The van der Waals surface area contributed by atoms with E-state index in [1.54, 1.807) is 11.4 Å². The van der Waals surface area contributed by atoms with Crippen LogP contribution < -0.4 is 4.78 Å². The van der Waals surface area contributed by atoms with Gasteiger partial charge in [-0.15, -0.1) is 0 Å². The Morgan fingerprint density at radius 2 is 2.00 bits per heavy atom.